The molecule has 2 aromatic carbocycles. The van der Waals surface area contributed by atoms with Gasteiger partial charge in [-0.15, -0.1) is 0 Å². The number of para-hydroxylation sites is 1. The Balaban J connectivity index is 1.89. The first-order valence-electron chi connectivity index (χ1n) is 8.18. The maximum atomic E-state index is 11.9. The molecule has 25 heavy (non-hydrogen) atoms. The zero-order valence-electron chi connectivity index (χ0n) is 14.5. The summed E-state index contributed by atoms with van der Waals surface area (Å²) >= 11 is 0. The molecule has 0 aliphatic rings. The molecule has 0 atom stereocenters. The van der Waals surface area contributed by atoms with E-state index in [1.807, 2.05) is 25.1 Å². The van der Waals surface area contributed by atoms with Crippen molar-refractivity contribution in [1.82, 2.24) is 5.43 Å². The van der Waals surface area contributed by atoms with Crippen LogP contribution < -0.4 is 10.2 Å². The van der Waals surface area contributed by atoms with E-state index in [1.54, 1.807) is 24.3 Å². The predicted octanol–water partition coefficient (Wildman–Crippen LogP) is 3.43. The Bertz CT molecular complexity index is 789. The van der Waals surface area contributed by atoms with E-state index < -0.39 is 0 Å². The van der Waals surface area contributed by atoms with Gasteiger partial charge in [0.25, 0.3) is 5.91 Å². The summed E-state index contributed by atoms with van der Waals surface area (Å²) in [6.45, 7) is 3.78. The first kappa shape index (κ1) is 18.2. The second-order valence-corrected chi connectivity index (χ2v) is 5.58. The van der Waals surface area contributed by atoms with Crippen LogP contribution in [0.15, 0.2) is 53.6 Å². The van der Waals surface area contributed by atoms with Crippen LogP contribution in [0.25, 0.3) is 0 Å². The molecule has 5 nitrogen and oxygen atoms in total. The molecule has 0 heterocycles. The lowest BCUT2D eigenvalue weighted by Crippen LogP contribution is -2.25. The summed E-state index contributed by atoms with van der Waals surface area (Å²) in [6, 6.07) is 16.9. The van der Waals surface area contributed by atoms with Gasteiger partial charge in [-0.1, -0.05) is 49.7 Å². The summed E-state index contributed by atoms with van der Waals surface area (Å²) in [4.78, 5) is 11.9. The van der Waals surface area contributed by atoms with Gasteiger partial charge in [0.15, 0.2) is 6.61 Å². The number of nitrogens with zero attached hydrogens (tertiary/aromatic N) is 2. The summed E-state index contributed by atoms with van der Waals surface area (Å²) in [5, 5.41) is 13.1. The fraction of sp³-hybridized carbons (Fsp3) is 0.250. The maximum absolute atomic E-state index is 11.9. The van der Waals surface area contributed by atoms with Crippen molar-refractivity contribution in [1.29, 1.82) is 5.26 Å². The second-order valence-electron chi connectivity index (χ2n) is 5.58. The molecule has 0 unspecified atom stereocenters. The number of nitriles is 1. The standard InChI is InChI=1S/C20H21N3O2/c1-3-6-16-9-11-17(12-10-16)15(2)22-23-20(24)14-25-19-8-5-4-7-18(19)13-21/h4-5,7-12H,3,6,14H2,1-2H3,(H,23,24)/b22-15-. The lowest BCUT2D eigenvalue weighted by Gasteiger charge is -2.07. The van der Waals surface area contributed by atoms with Gasteiger partial charge in [-0.05, 0) is 36.6 Å². The van der Waals surface area contributed by atoms with E-state index in [9.17, 15) is 4.79 Å². The number of carbonyl (C=O) groups excluding carboxylic acids is 1. The van der Waals surface area contributed by atoms with Crippen LogP contribution in [0.1, 0.15) is 37.0 Å². The van der Waals surface area contributed by atoms with Gasteiger partial charge in [0.2, 0.25) is 0 Å². The van der Waals surface area contributed by atoms with E-state index in [0.717, 1.165) is 18.4 Å². The summed E-state index contributed by atoms with van der Waals surface area (Å²) in [6.07, 6.45) is 2.16. The number of hydrogen-bond donors (Lipinski definition) is 1. The van der Waals surface area contributed by atoms with E-state index in [1.165, 1.54) is 5.56 Å². The van der Waals surface area contributed by atoms with E-state index in [2.05, 4.69) is 29.6 Å². The molecule has 0 saturated carbocycles. The first-order chi connectivity index (χ1) is 12.1. The maximum Gasteiger partial charge on any atom is 0.277 e. The van der Waals surface area contributed by atoms with Crippen LogP contribution in [0.2, 0.25) is 0 Å². The smallest absolute Gasteiger partial charge is 0.277 e. The number of aryl methyl sites for hydroxylation is 1. The number of carbonyl (C=O) groups is 1. The molecule has 2 rings (SSSR count). The van der Waals surface area contributed by atoms with Crippen LogP contribution in [0.3, 0.4) is 0 Å². The number of amides is 1. The highest BCUT2D eigenvalue weighted by Crippen LogP contribution is 2.16. The Morgan fingerprint density at radius 3 is 2.60 bits per heavy atom. The summed E-state index contributed by atoms with van der Waals surface area (Å²) in [5.41, 5.74) is 5.82. The monoisotopic (exact) mass is 335 g/mol. The molecule has 5 heteroatoms. The number of nitrogens with one attached hydrogen (secondary N) is 1. The van der Waals surface area contributed by atoms with Gasteiger partial charge in [-0.3, -0.25) is 4.79 Å². The average molecular weight is 335 g/mol. The largest absolute Gasteiger partial charge is 0.482 e. The Hall–Kier alpha value is -3.13. The highest BCUT2D eigenvalue weighted by Gasteiger charge is 2.06. The minimum atomic E-state index is -0.380. The Kier molecular flexibility index (Phi) is 6.73. The fourth-order valence-electron chi connectivity index (χ4n) is 2.27. The van der Waals surface area contributed by atoms with Crippen molar-refractivity contribution in [2.45, 2.75) is 26.7 Å². The van der Waals surface area contributed by atoms with Crippen molar-refractivity contribution < 1.29 is 9.53 Å². The lowest BCUT2D eigenvalue weighted by atomic mass is 10.1. The van der Waals surface area contributed by atoms with Crippen LogP contribution in [0.4, 0.5) is 0 Å². The van der Waals surface area contributed by atoms with Crippen LogP contribution in [0.5, 0.6) is 5.75 Å². The fourth-order valence-corrected chi connectivity index (χ4v) is 2.27. The number of hydrogen-bond acceptors (Lipinski definition) is 4. The molecule has 0 fully saturated rings. The molecule has 0 bridgehead atoms. The third-order valence-electron chi connectivity index (χ3n) is 3.62. The molecule has 0 spiro atoms. The SMILES string of the molecule is CCCc1ccc(/C(C)=N\NC(=O)COc2ccccc2C#N)cc1. The highest BCUT2D eigenvalue weighted by molar-refractivity contribution is 5.99. The van der Waals surface area contributed by atoms with E-state index in [0.29, 0.717) is 17.0 Å². The average Bonchev–Trinajstić information content (AvgIpc) is 2.65. The van der Waals surface area contributed by atoms with Gasteiger partial charge in [0.1, 0.15) is 11.8 Å². The topological polar surface area (TPSA) is 74.5 Å². The molecule has 1 N–H and O–H groups in total. The minimum absolute atomic E-state index is 0.203. The molecule has 2 aromatic rings. The van der Waals surface area contributed by atoms with Crippen LogP contribution in [-0.2, 0) is 11.2 Å². The molecule has 0 radical (unpaired) electrons. The van der Waals surface area contributed by atoms with Crippen molar-refractivity contribution in [3.05, 3.63) is 65.2 Å². The van der Waals surface area contributed by atoms with Gasteiger partial charge in [0.05, 0.1) is 11.3 Å². The normalized spacial score (nSPS) is 10.8. The van der Waals surface area contributed by atoms with E-state index >= 15 is 0 Å². The molecular formula is C20H21N3O2. The summed E-state index contributed by atoms with van der Waals surface area (Å²) in [5.74, 6) is 0.00191. The van der Waals surface area contributed by atoms with Crippen LogP contribution >= 0.6 is 0 Å². The van der Waals surface area contributed by atoms with Gasteiger partial charge in [0, 0.05) is 0 Å². The number of hydrazone groups is 1. The molecule has 0 aromatic heterocycles. The summed E-state index contributed by atoms with van der Waals surface area (Å²) < 4.78 is 5.37. The van der Waals surface area contributed by atoms with Crippen molar-refractivity contribution in [3.63, 3.8) is 0 Å². The molecule has 1 amide bonds. The second kappa shape index (κ2) is 9.24. The molecular weight excluding hydrogens is 314 g/mol. The van der Waals surface area contributed by atoms with Gasteiger partial charge in [-0.25, -0.2) is 5.43 Å². The third kappa shape index (κ3) is 5.47. The van der Waals surface area contributed by atoms with Crippen LogP contribution in [0, 0.1) is 11.3 Å². The Morgan fingerprint density at radius 1 is 1.20 bits per heavy atom. The lowest BCUT2D eigenvalue weighted by molar-refractivity contribution is -0.123. The zero-order valence-corrected chi connectivity index (χ0v) is 14.5. The van der Waals surface area contributed by atoms with Crippen LogP contribution in [-0.4, -0.2) is 18.2 Å². The van der Waals surface area contributed by atoms with Gasteiger partial charge < -0.3 is 4.74 Å². The minimum Gasteiger partial charge on any atom is -0.482 e. The Labute approximate surface area is 147 Å². The summed E-state index contributed by atoms with van der Waals surface area (Å²) in [7, 11) is 0. The van der Waals surface area contributed by atoms with Crippen molar-refractivity contribution >= 4 is 11.6 Å². The molecule has 0 aliphatic heterocycles. The van der Waals surface area contributed by atoms with Crippen molar-refractivity contribution in [3.8, 4) is 11.8 Å². The van der Waals surface area contributed by atoms with E-state index in [4.69, 9.17) is 10.00 Å². The van der Waals surface area contributed by atoms with E-state index in [-0.39, 0.29) is 12.5 Å². The number of benzene rings is 2. The van der Waals surface area contributed by atoms with Crippen molar-refractivity contribution in [2.24, 2.45) is 5.10 Å². The predicted molar refractivity (Wildman–Crippen MR) is 97.4 cm³/mol. The highest BCUT2D eigenvalue weighted by atomic mass is 16.5. The molecule has 0 aliphatic carbocycles. The van der Waals surface area contributed by atoms with Gasteiger partial charge in [-0.2, -0.15) is 10.4 Å². The third-order valence-corrected chi connectivity index (χ3v) is 3.62. The number of rotatable bonds is 7. The quantitative estimate of drug-likeness (QED) is 0.622. The molecule has 0 saturated heterocycles. The zero-order chi connectivity index (χ0) is 18.1. The number of ether oxygens (including phenoxy) is 1. The Morgan fingerprint density at radius 2 is 1.92 bits per heavy atom. The first-order valence-corrected chi connectivity index (χ1v) is 8.18. The van der Waals surface area contributed by atoms with Gasteiger partial charge >= 0.3 is 0 Å². The van der Waals surface area contributed by atoms with Crippen molar-refractivity contribution in [2.75, 3.05) is 6.61 Å². The molecule has 128 valence electrons.